The van der Waals surface area contributed by atoms with Gasteiger partial charge >= 0.3 is 11.9 Å². The lowest BCUT2D eigenvalue weighted by Crippen LogP contribution is -2.24. The molecule has 2 N–H and O–H groups in total. The zero-order chi connectivity index (χ0) is 18.9. The maximum absolute atomic E-state index is 11.7. The maximum atomic E-state index is 11.7. The summed E-state index contributed by atoms with van der Waals surface area (Å²) in [5, 5.41) is 0. The van der Waals surface area contributed by atoms with Crippen molar-refractivity contribution in [2.75, 3.05) is 18.9 Å². The van der Waals surface area contributed by atoms with Crippen LogP contribution in [0.4, 0.5) is 5.69 Å². The highest BCUT2D eigenvalue weighted by Gasteiger charge is 2.16. The molecule has 6 nitrogen and oxygen atoms in total. The fourth-order valence-electron chi connectivity index (χ4n) is 2.17. The highest BCUT2D eigenvalue weighted by Crippen LogP contribution is 2.24. The second kappa shape index (κ2) is 9.91. The van der Waals surface area contributed by atoms with Crippen molar-refractivity contribution in [2.45, 2.75) is 59.0 Å². The van der Waals surface area contributed by atoms with Gasteiger partial charge in [0.25, 0.3) is 0 Å². The van der Waals surface area contributed by atoms with Crippen LogP contribution < -0.4 is 10.5 Å². The van der Waals surface area contributed by atoms with E-state index in [0.717, 1.165) is 5.56 Å². The summed E-state index contributed by atoms with van der Waals surface area (Å²) in [6, 6.07) is 5.35. The Morgan fingerprint density at radius 1 is 1.12 bits per heavy atom. The SMILES string of the molecule is CCOC(=O)CCc1ccc(N)cc1OCCCC(=O)OC(C)(C)C. The summed E-state index contributed by atoms with van der Waals surface area (Å²) in [4.78, 5) is 23.2. The summed E-state index contributed by atoms with van der Waals surface area (Å²) in [6.07, 6.45) is 1.63. The van der Waals surface area contributed by atoms with Gasteiger partial charge in [0.05, 0.1) is 13.2 Å². The predicted octanol–water partition coefficient (Wildman–Crippen LogP) is 3.27. The summed E-state index contributed by atoms with van der Waals surface area (Å²) < 4.78 is 15.9. The van der Waals surface area contributed by atoms with Gasteiger partial charge < -0.3 is 19.9 Å². The fourth-order valence-corrected chi connectivity index (χ4v) is 2.17. The average Bonchev–Trinajstić information content (AvgIpc) is 2.49. The second-order valence-electron chi connectivity index (χ2n) is 6.71. The third-order valence-electron chi connectivity index (χ3n) is 3.20. The molecule has 0 radical (unpaired) electrons. The van der Waals surface area contributed by atoms with E-state index in [1.54, 1.807) is 19.1 Å². The molecule has 1 aromatic carbocycles. The molecule has 0 aliphatic heterocycles. The lowest BCUT2D eigenvalue weighted by Gasteiger charge is -2.19. The van der Waals surface area contributed by atoms with Gasteiger partial charge in [-0.3, -0.25) is 9.59 Å². The number of esters is 2. The zero-order valence-electron chi connectivity index (χ0n) is 15.6. The minimum absolute atomic E-state index is 0.241. The van der Waals surface area contributed by atoms with Crippen LogP contribution in [0.1, 0.15) is 52.5 Å². The molecule has 1 rings (SSSR count). The van der Waals surface area contributed by atoms with Gasteiger partial charge in [-0.2, -0.15) is 0 Å². The Morgan fingerprint density at radius 3 is 2.48 bits per heavy atom. The molecule has 0 saturated carbocycles. The topological polar surface area (TPSA) is 87.9 Å². The summed E-state index contributed by atoms with van der Waals surface area (Å²) in [6.45, 7) is 8.03. The van der Waals surface area contributed by atoms with Gasteiger partial charge in [-0.25, -0.2) is 0 Å². The quantitative estimate of drug-likeness (QED) is 0.417. The molecule has 0 amide bonds. The Morgan fingerprint density at radius 2 is 1.84 bits per heavy atom. The van der Waals surface area contributed by atoms with Crippen LogP contribution in [0.3, 0.4) is 0 Å². The van der Waals surface area contributed by atoms with Gasteiger partial charge in [0.1, 0.15) is 11.4 Å². The van der Waals surface area contributed by atoms with Crippen LogP contribution in [0.5, 0.6) is 5.75 Å². The molecule has 0 aromatic heterocycles. The number of hydrogen-bond acceptors (Lipinski definition) is 6. The monoisotopic (exact) mass is 351 g/mol. The van der Waals surface area contributed by atoms with Crippen molar-refractivity contribution >= 4 is 17.6 Å². The van der Waals surface area contributed by atoms with Crippen molar-refractivity contribution in [1.82, 2.24) is 0 Å². The highest BCUT2D eigenvalue weighted by atomic mass is 16.6. The number of nitrogen functional groups attached to an aromatic ring is 1. The van der Waals surface area contributed by atoms with Crippen LogP contribution in [0.25, 0.3) is 0 Å². The van der Waals surface area contributed by atoms with Gasteiger partial charge in [0.2, 0.25) is 0 Å². The molecule has 25 heavy (non-hydrogen) atoms. The van der Waals surface area contributed by atoms with E-state index in [1.807, 2.05) is 26.8 Å². The Hall–Kier alpha value is -2.24. The molecule has 0 bridgehead atoms. The molecular weight excluding hydrogens is 322 g/mol. The minimum Gasteiger partial charge on any atom is -0.493 e. The van der Waals surface area contributed by atoms with E-state index in [9.17, 15) is 9.59 Å². The van der Waals surface area contributed by atoms with Crippen LogP contribution in [0.15, 0.2) is 18.2 Å². The van der Waals surface area contributed by atoms with Gasteiger partial charge in [-0.05, 0) is 52.2 Å². The number of rotatable bonds is 9. The van der Waals surface area contributed by atoms with Gasteiger partial charge in [-0.15, -0.1) is 0 Å². The van der Waals surface area contributed by atoms with E-state index in [4.69, 9.17) is 19.9 Å². The Labute approximate surface area is 149 Å². The number of hydrogen-bond donors (Lipinski definition) is 1. The number of benzene rings is 1. The Kier molecular flexibility index (Phi) is 8.25. The molecule has 1 aromatic rings. The molecule has 0 saturated heterocycles. The van der Waals surface area contributed by atoms with Crippen molar-refractivity contribution in [3.8, 4) is 5.75 Å². The third-order valence-corrected chi connectivity index (χ3v) is 3.20. The van der Waals surface area contributed by atoms with Crippen molar-refractivity contribution in [3.63, 3.8) is 0 Å². The Balaban J connectivity index is 2.50. The molecule has 0 fully saturated rings. The summed E-state index contributed by atoms with van der Waals surface area (Å²) in [7, 11) is 0. The smallest absolute Gasteiger partial charge is 0.306 e. The average molecular weight is 351 g/mol. The molecule has 0 unspecified atom stereocenters. The van der Waals surface area contributed by atoms with E-state index in [1.165, 1.54) is 0 Å². The van der Waals surface area contributed by atoms with Crippen LogP contribution in [-0.4, -0.2) is 30.8 Å². The number of aryl methyl sites for hydroxylation is 1. The zero-order valence-corrected chi connectivity index (χ0v) is 15.6. The van der Waals surface area contributed by atoms with Crippen molar-refractivity contribution in [2.24, 2.45) is 0 Å². The standard InChI is InChI=1S/C19H29NO5/c1-5-23-17(21)11-9-14-8-10-15(20)13-16(14)24-12-6-7-18(22)25-19(2,3)4/h8,10,13H,5-7,9,11-12,20H2,1-4H3. The first-order valence-electron chi connectivity index (χ1n) is 8.60. The molecule has 0 aliphatic carbocycles. The van der Waals surface area contributed by atoms with Crippen LogP contribution in [0.2, 0.25) is 0 Å². The number of carbonyl (C=O) groups is 2. The molecule has 6 heteroatoms. The van der Waals surface area contributed by atoms with Gasteiger partial charge in [0.15, 0.2) is 0 Å². The molecule has 0 atom stereocenters. The van der Waals surface area contributed by atoms with Crippen molar-refractivity contribution in [3.05, 3.63) is 23.8 Å². The molecule has 0 aliphatic rings. The predicted molar refractivity (Wildman–Crippen MR) is 96.4 cm³/mol. The van der Waals surface area contributed by atoms with Crippen molar-refractivity contribution in [1.29, 1.82) is 0 Å². The Bertz CT molecular complexity index is 578. The van der Waals surface area contributed by atoms with Crippen LogP contribution >= 0.6 is 0 Å². The summed E-state index contributed by atoms with van der Waals surface area (Å²) in [5.41, 5.74) is 6.80. The first kappa shape index (κ1) is 20.8. The maximum Gasteiger partial charge on any atom is 0.306 e. The fraction of sp³-hybridized carbons (Fsp3) is 0.579. The van der Waals surface area contributed by atoms with E-state index < -0.39 is 5.60 Å². The summed E-state index contributed by atoms with van der Waals surface area (Å²) >= 11 is 0. The van der Waals surface area contributed by atoms with E-state index >= 15 is 0 Å². The van der Waals surface area contributed by atoms with Crippen LogP contribution in [0, 0.1) is 0 Å². The van der Waals surface area contributed by atoms with E-state index in [0.29, 0.717) is 37.5 Å². The molecule has 0 heterocycles. The molecule has 0 spiro atoms. The largest absolute Gasteiger partial charge is 0.493 e. The lowest BCUT2D eigenvalue weighted by atomic mass is 10.1. The first-order valence-corrected chi connectivity index (χ1v) is 8.60. The number of carbonyl (C=O) groups excluding carboxylic acids is 2. The lowest BCUT2D eigenvalue weighted by molar-refractivity contribution is -0.155. The van der Waals surface area contributed by atoms with Gasteiger partial charge in [0, 0.05) is 24.6 Å². The number of anilines is 1. The number of ether oxygens (including phenoxy) is 3. The number of nitrogens with two attached hydrogens (primary N) is 1. The second-order valence-corrected chi connectivity index (χ2v) is 6.71. The highest BCUT2D eigenvalue weighted by molar-refractivity contribution is 5.70. The third kappa shape index (κ3) is 8.98. The van der Waals surface area contributed by atoms with Gasteiger partial charge in [-0.1, -0.05) is 6.07 Å². The summed E-state index contributed by atoms with van der Waals surface area (Å²) in [5.74, 6) is 0.148. The van der Waals surface area contributed by atoms with E-state index in [2.05, 4.69) is 0 Å². The first-order chi connectivity index (χ1) is 11.7. The van der Waals surface area contributed by atoms with Crippen molar-refractivity contribution < 1.29 is 23.8 Å². The van der Waals surface area contributed by atoms with E-state index in [-0.39, 0.29) is 24.8 Å². The molecule has 140 valence electrons. The molecular formula is C19H29NO5. The normalized spacial score (nSPS) is 11.0. The van der Waals surface area contributed by atoms with Crippen LogP contribution in [-0.2, 0) is 25.5 Å². The minimum atomic E-state index is -0.480.